The SMILES string of the molecule is CCc1ccc([C@@H]([NH2+]Cc2nc(-c3ccccc3)no2)c2cccs2)cc1. The maximum Gasteiger partial charge on any atom is 0.282 e. The van der Waals surface area contributed by atoms with Gasteiger partial charge < -0.3 is 9.84 Å². The maximum absolute atomic E-state index is 5.47. The minimum Gasteiger partial charge on any atom is -0.333 e. The minimum absolute atomic E-state index is 0.225. The highest BCUT2D eigenvalue weighted by atomic mass is 32.1. The Kier molecular flexibility index (Phi) is 5.42. The number of quaternary nitrogens is 1. The summed E-state index contributed by atoms with van der Waals surface area (Å²) < 4.78 is 5.47. The zero-order valence-corrected chi connectivity index (χ0v) is 16.0. The molecule has 2 aromatic heterocycles. The molecule has 5 heteroatoms. The first kappa shape index (κ1) is 17.6. The molecule has 2 N–H and O–H groups in total. The first-order valence-corrected chi connectivity index (χ1v) is 10.0. The molecule has 136 valence electrons. The molecule has 0 unspecified atom stereocenters. The molecule has 1 atom stereocenters. The smallest absolute Gasteiger partial charge is 0.282 e. The van der Waals surface area contributed by atoms with Crippen LogP contribution in [0.1, 0.15) is 34.9 Å². The lowest BCUT2D eigenvalue weighted by molar-refractivity contribution is -0.704. The zero-order valence-electron chi connectivity index (χ0n) is 15.2. The summed E-state index contributed by atoms with van der Waals surface area (Å²) in [4.78, 5) is 5.87. The van der Waals surface area contributed by atoms with E-state index in [1.807, 2.05) is 30.3 Å². The molecule has 4 aromatic rings. The molecular formula is C22H22N3OS+. The van der Waals surface area contributed by atoms with Gasteiger partial charge in [0.15, 0.2) is 6.54 Å². The van der Waals surface area contributed by atoms with Crippen LogP contribution in [0.5, 0.6) is 0 Å². The van der Waals surface area contributed by atoms with E-state index < -0.39 is 0 Å². The maximum atomic E-state index is 5.47. The lowest BCUT2D eigenvalue weighted by Crippen LogP contribution is -2.83. The molecule has 0 aliphatic rings. The van der Waals surface area contributed by atoms with E-state index in [-0.39, 0.29) is 6.04 Å². The molecule has 0 aliphatic carbocycles. The Hall–Kier alpha value is -2.76. The van der Waals surface area contributed by atoms with E-state index in [1.165, 1.54) is 16.0 Å². The third kappa shape index (κ3) is 4.15. The van der Waals surface area contributed by atoms with Crippen molar-refractivity contribution in [1.29, 1.82) is 0 Å². The van der Waals surface area contributed by atoms with E-state index in [2.05, 4.69) is 64.2 Å². The summed E-state index contributed by atoms with van der Waals surface area (Å²) >= 11 is 1.78. The number of thiophene rings is 1. The topological polar surface area (TPSA) is 55.5 Å². The van der Waals surface area contributed by atoms with Crippen molar-refractivity contribution < 1.29 is 9.84 Å². The van der Waals surface area contributed by atoms with Crippen molar-refractivity contribution in [3.63, 3.8) is 0 Å². The number of hydrogen-bond acceptors (Lipinski definition) is 4. The molecule has 0 saturated heterocycles. The van der Waals surface area contributed by atoms with Crippen LogP contribution in [0.4, 0.5) is 0 Å². The van der Waals surface area contributed by atoms with Crippen molar-refractivity contribution in [3.8, 4) is 11.4 Å². The fraction of sp³-hybridized carbons (Fsp3) is 0.182. The van der Waals surface area contributed by atoms with Crippen LogP contribution in [0, 0.1) is 0 Å². The fourth-order valence-corrected chi connectivity index (χ4v) is 3.96. The third-order valence-electron chi connectivity index (χ3n) is 4.63. The molecule has 0 fully saturated rings. The zero-order chi connectivity index (χ0) is 18.5. The highest BCUT2D eigenvalue weighted by Gasteiger charge is 2.20. The van der Waals surface area contributed by atoms with Gasteiger partial charge in [-0.1, -0.05) is 72.7 Å². The van der Waals surface area contributed by atoms with E-state index in [4.69, 9.17) is 4.52 Å². The Morgan fingerprint density at radius 3 is 2.52 bits per heavy atom. The van der Waals surface area contributed by atoms with Crippen molar-refractivity contribution in [3.05, 3.63) is 94.0 Å². The third-order valence-corrected chi connectivity index (χ3v) is 5.58. The summed E-state index contributed by atoms with van der Waals surface area (Å²) in [5, 5.41) is 8.50. The standard InChI is InChI=1S/C22H21N3OS/c1-2-16-10-12-17(13-11-16)21(19-9-6-14-27-19)23-15-20-24-22(25-26-20)18-7-4-3-5-8-18/h3-14,21,23H,2,15H2,1H3/p+1/t21-/m1/s1. The predicted molar refractivity (Wildman–Crippen MR) is 107 cm³/mol. The molecule has 4 nitrogen and oxygen atoms in total. The van der Waals surface area contributed by atoms with Gasteiger partial charge in [0.2, 0.25) is 5.82 Å². The van der Waals surface area contributed by atoms with E-state index in [1.54, 1.807) is 11.3 Å². The summed E-state index contributed by atoms with van der Waals surface area (Å²) in [6.45, 7) is 2.82. The molecule has 0 aliphatic heterocycles. The van der Waals surface area contributed by atoms with Crippen molar-refractivity contribution in [1.82, 2.24) is 10.1 Å². The molecule has 0 spiro atoms. The number of hydrogen-bond donors (Lipinski definition) is 1. The average molecular weight is 377 g/mol. The molecule has 4 rings (SSSR count). The molecule has 0 radical (unpaired) electrons. The second-order valence-corrected chi connectivity index (χ2v) is 7.39. The van der Waals surface area contributed by atoms with Gasteiger partial charge in [-0.2, -0.15) is 4.98 Å². The first-order chi connectivity index (χ1) is 13.3. The quantitative estimate of drug-likeness (QED) is 0.526. The largest absolute Gasteiger partial charge is 0.333 e. The van der Waals surface area contributed by atoms with Crippen LogP contribution in [0.15, 0.2) is 76.6 Å². The molecule has 2 aromatic carbocycles. The second kappa shape index (κ2) is 8.29. The number of nitrogens with two attached hydrogens (primary N) is 1. The summed E-state index contributed by atoms with van der Waals surface area (Å²) in [7, 11) is 0. The molecule has 0 amide bonds. The van der Waals surface area contributed by atoms with Gasteiger partial charge in [-0.05, 0) is 23.4 Å². The highest BCUT2D eigenvalue weighted by molar-refractivity contribution is 7.10. The van der Waals surface area contributed by atoms with Crippen LogP contribution in [0.2, 0.25) is 0 Å². The Morgan fingerprint density at radius 2 is 1.81 bits per heavy atom. The predicted octanol–water partition coefficient (Wildman–Crippen LogP) is 4.21. The highest BCUT2D eigenvalue weighted by Crippen LogP contribution is 2.23. The van der Waals surface area contributed by atoms with Crippen molar-refractivity contribution >= 4 is 11.3 Å². The monoisotopic (exact) mass is 376 g/mol. The van der Waals surface area contributed by atoms with Crippen molar-refractivity contribution in [2.24, 2.45) is 0 Å². The van der Waals surface area contributed by atoms with Crippen molar-refractivity contribution in [2.75, 3.05) is 0 Å². The summed E-state index contributed by atoms with van der Waals surface area (Å²) in [6.07, 6.45) is 1.05. The normalized spacial score (nSPS) is 12.2. The fourth-order valence-electron chi connectivity index (χ4n) is 3.11. The molecule has 2 heterocycles. The molecular weight excluding hydrogens is 354 g/mol. The van der Waals surface area contributed by atoms with Gasteiger partial charge in [-0.15, -0.1) is 11.3 Å². The number of aryl methyl sites for hydroxylation is 1. The molecule has 0 saturated carbocycles. The number of benzene rings is 2. The van der Waals surface area contributed by atoms with Gasteiger partial charge >= 0.3 is 0 Å². The van der Waals surface area contributed by atoms with Gasteiger partial charge in [-0.3, -0.25) is 0 Å². The number of rotatable bonds is 7. The number of aromatic nitrogens is 2. The second-order valence-electron chi connectivity index (χ2n) is 6.41. The van der Waals surface area contributed by atoms with E-state index in [0.29, 0.717) is 18.3 Å². The first-order valence-electron chi connectivity index (χ1n) is 9.17. The van der Waals surface area contributed by atoms with Gasteiger partial charge in [0, 0.05) is 11.1 Å². The van der Waals surface area contributed by atoms with Crippen LogP contribution in [-0.4, -0.2) is 10.1 Å². The molecule has 27 heavy (non-hydrogen) atoms. The van der Waals surface area contributed by atoms with Gasteiger partial charge in [0.05, 0.1) is 4.88 Å². The summed E-state index contributed by atoms with van der Waals surface area (Å²) in [6, 6.07) is 23.3. The van der Waals surface area contributed by atoms with Gasteiger partial charge in [0.1, 0.15) is 6.04 Å². The average Bonchev–Trinajstić information content (AvgIpc) is 3.42. The Balaban J connectivity index is 1.52. The van der Waals surface area contributed by atoms with Gasteiger partial charge in [-0.25, -0.2) is 0 Å². The lowest BCUT2D eigenvalue weighted by atomic mass is 10.0. The van der Waals surface area contributed by atoms with Crippen LogP contribution < -0.4 is 5.32 Å². The van der Waals surface area contributed by atoms with Crippen LogP contribution in [0.25, 0.3) is 11.4 Å². The van der Waals surface area contributed by atoms with Crippen LogP contribution in [-0.2, 0) is 13.0 Å². The van der Waals surface area contributed by atoms with E-state index in [0.717, 1.165) is 12.0 Å². The summed E-state index contributed by atoms with van der Waals surface area (Å²) in [5.74, 6) is 1.28. The van der Waals surface area contributed by atoms with Crippen molar-refractivity contribution in [2.45, 2.75) is 25.9 Å². The summed E-state index contributed by atoms with van der Waals surface area (Å²) in [5.41, 5.74) is 3.61. The van der Waals surface area contributed by atoms with Gasteiger partial charge in [0.25, 0.3) is 5.89 Å². The Labute approximate surface area is 162 Å². The van der Waals surface area contributed by atoms with Crippen LogP contribution in [0.3, 0.4) is 0 Å². The Morgan fingerprint density at radius 1 is 1.00 bits per heavy atom. The molecule has 0 bridgehead atoms. The van der Waals surface area contributed by atoms with E-state index in [9.17, 15) is 0 Å². The minimum atomic E-state index is 0.225. The van der Waals surface area contributed by atoms with E-state index >= 15 is 0 Å². The Bertz CT molecular complexity index is 962. The number of nitrogens with zero attached hydrogens (tertiary/aromatic N) is 2. The lowest BCUT2D eigenvalue weighted by Gasteiger charge is -2.14. The van der Waals surface area contributed by atoms with Crippen LogP contribution >= 0.6 is 11.3 Å².